The minimum absolute atomic E-state index is 0.389. The molecule has 3 aromatic rings. The lowest BCUT2D eigenvalue weighted by Crippen LogP contribution is -2.03. The maximum Gasteiger partial charge on any atom is 0.226 e. The molecule has 0 saturated carbocycles. The molecule has 7 nitrogen and oxygen atoms in total. The number of benzene rings is 1. The molecule has 0 amide bonds. The van der Waals surface area contributed by atoms with Gasteiger partial charge in [-0.25, -0.2) is 14.6 Å². The van der Waals surface area contributed by atoms with Crippen LogP contribution in [-0.4, -0.2) is 34.0 Å². The van der Waals surface area contributed by atoms with Gasteiger partial charge in [-0.1, -0.05) is 0 Å². The maximum absolute atomic E-state index is 5.90. The summed E-state index contributed by atoms with van der Waals surface area (Å²) in [5.74, 6) is 2.88. The van der Waals surface area contributed by atoms with Crippen molar-refractivity contribution in [2.75, 3.05) is 14.2 Å². The molecule has 7 heteroatoms. The Balaban J connectivity index is 1.88. The molecule has 0 aliphatic carbocycles. The highest BCUT2D eigenvalue weighted by atomic mass is 16.5. The van der Waals surface area contributed by atoms with Crippen LogP contribution in [-0.2, 0) is 17.9 Å². The number of nitrogens with zero attached hydrogens (tertiary/aromatic N) is 4. The molecule has 2 aromatic heterocycles. The number of ether oxygens (including phenoxy) is 2. The van der Waals surface area contributed by atoms with Gasteiger partial charge in [0.1, 0.15) is 30.1 Å². The minimum atomic E-state index is 0.389. The second kappa shape index (κ2) is 7.06. The Kier molecular flexibility index (Phi) is 4.85. The second-order valence-corrected chi connectivity index (χ2v) is 5.95. The van der Waals surface area contributed by atoms with Crippen LogP contribution in [0.3, 0.4) is 0 Å². The number of rotatable bonds is 6. The van der Waals surface area contributed by atoms with E-state index in [-0.39, 0.29) is 0 Å². The fourth-order valence-corrected chi connectivity index (χ4v) is 2.69. The van der Waals surface area contributed by atoms with E-state index in [9.17, 15) is 0 Å². The molecule has 0 spiro atoms. The van der Waals surface area contributed by atoms with E-state index in [1.165, 1.54) is 0 Å². The highest BCUT2D eigenvalue weighted by molar-refractivity contribution is 5.62. The molecule has 0 aliphatic heterocycles. The smallest absolute Gasteiger partial charge is 0.226 e. The summed E-state index contributed by atoms with van der Waals surface area (Å²) in [7, 11) is 3.29. The molecule has 0 fully saturated rings. The summed E-state index contributed by atoms with van der Waals surface area (Å²) < 4.78 is 18.0. The van der Waals surface area contributed by atoms with Crippen LogP contribution in [0.4, 0.5) is 0 Å². The molecule has 0 atom stereocenters. The summed E-state index contributed by atoms with van der Waals surface area (Å²) in [6.07, 6.45) is 1.67. The summed E-state index contributed by atoms with van der Waals surface area (Å²) in [6.45, 7) is 6.82. The predicted octanol–water partition coefficient (Wildman–Crippen LogP) is 3.06. The van der Waals surface area contributed by atoms with Crippen LogP contribution >= 0.6 is 0 Å². The van der Waals surface area contributed by atoms with Gasteiger partial charge in [0, 0.05) is 12.7 Å². The van der Waals surface area contributed by atoms with Crippen molar-refractivity contribution in [3.8, 4) is 17.2 Å². The SMILES string of the molecule is COCc1ncn(Cc2nc(-c3cc(C)c(OC)cc3C)oc2C)n1. The minimum Gasteiger partial charge on any atom is -0.496 e. The van der Waals surface area contributed by atoms with Crippen LogP contribution in [0.15, 0.2) is 22.9 Å². The molecule has 0 aliphatic rings. The maximum atomic E-state index is 5.90. The van der Waals surface area contributed by atoms with E-state index in [1.807, 2.05) is 32.9 Å². The number of hydrogen-bond acceptors (Lipinski definition) is 6. The van der Waals surface area contributed by atoms with E-state index >= 15 is 0 Å². The number of aryl methyl sites for hydroxylation is 3. The van der Waals surface area contributed by atoms with Gasteiger partial charge in [-0.05, 0) is 44.0 Å². The zero-order valence-electron chi connectivity index (χ0n) is 15.2. The molecule has 3 rings (SSSR count). The van der Waals surface area contributed by atoms with E-state index in [4.69, 9.17) is 13.9 Å². The zero-order valence-corrected chi connectivity index (χ0v) is 15.2. The van der Waals surface area contributed by atoms with Gasteiger partial charge in [-0.2, -0.15) is 5.10 Å². The summed E-state index contributed by atoms with van der Waals surface area (Å²) in [4.78, 5) is 8.86. The third-order valence-electron chi connectivity index (χ3n) is 4.03. The first-order valence-electron chi connectivity index (χ1n) is 8.01. The molecular formula is C18H22N4O3. The van der Waals surface area contributed by atoms with Crippen molar-refractivity contribution in [1.82, 2.24) is 19.7 Å². The van der Waals surface area contributed by atoms with Crippen molar-refractivity contribution in [2.24, 2.45) is 0 Å². The summed E-state index contributed by atoms with van der Waals surface area (Å²) in [6, 6.07) is 4.04. The van der Waals surface area contributed by atoms with Gasteiger partial charge in [0.15, 0.2) is 5.82 Å². The standard InChI is InChI=1S/C18H22N4O3/c1-11-7-16(24-5)12(2)6-14(11)18-20-15(13(3)25-18)8-22-10-19-17(21-22)9-23-4/h6-7,10H,8-9H2,1-5H3. The molecule has 0 bridgehead atoms. The second-order valence-electron chi connectivity index (χ2n) is 5.95. The van der Waals surface area contributed by atoms with Crippen LogP contribution in [0.2, 0.25) is 0 Å². The Bertz CT molecular complexity index is 883. The fourth-order valence-electron chi connectivity index (χ4n) is 2.69. The van der Waals surface area contributed by atoms with Gasteiger partial charge >= 0.3 is 0 Å². The average molecular weight is 342 g/mol. The van der Waals surface area contributed by atoms with Crippen LogP contribution in [0.5, 0.6) is 5.75 Å². The molecule has 132 valence electrons. The lowest BCUT2D eigenvalue weighted by molar-refractivity contribution is 0.177. The van der Waals surface area contributed by atoms with Crippen molar-refractivity contribution in [1.29, 1.82) is 0 Å². The van der Waals surface area contributed by atoms with Crippen molar-refractivity contribution >= 4 is 0 Å². The van der Waals surface area contributed by atoms with Crippen molar-refractivity contribution < 1.29 is 13.9 Å². The topological polar surface area (TPSA) is 75.2 Å². The Hall–Kier alpha value is -2.67. The number of aromatic nitrogens is 4. The Labute approximate surface area is 146 Å². The first-order valence-corrected chi connectivity index (χ1v) is 8.01. The van der Waals surface area contributed by atoms with Crippen LogP contribution in [0.25, 0.3) is 11.5 Å². The van der Waals surface area contributed by atoms with Crippen LogP contribution < -0.4 is 4.74 Å². The number of hydrogen-bond donors (Lipinski definition) is 0. The predicted molar refractivity (Wildman–Crippen MR) is 92.5 cm³/mol. The first kappa shape index (κ1) is 17.2. The Morgan fingerprint density at radius 3 is 2.64 bits per heavy atom. The summed E-state index contributed by atoms with van der Waals surface area (Å²) in [5.41, 5.74) is 3.89. The molecular weight excluding hydrogens is 320 g/mol. The zero-order chi connectivity index (χ0) is 18.0. The summed E-state index contributed by atoms with van der Waals surface area (Å²) in [5, 5.41) is 4.36. The van der Waals surface area contributed by atoms with Crippen molar-refractivity contribution in [2.45, 2.75) is 33.9 Å². The highest BCUT2D eigenvalue weighted by Crippen LogP contribution is 2.30. The van der Waals surface area contributed by atoms with Gasteiger partial charge in [-0.15, -0.1) is 0 Å². The Morgan fingerprint density at radius 2 is 1.92 bits per heavy atom. The lowest BCUT2D eigenvalue weighted by atomic mass is 10.0. The van der Waals surface area contributed by atoms with E-state index in [0.717, 1.165) is 33.9 Å². The molecule has 2 heterocycles. The Morgan fingerprint density at radius 1 is 1.12 bits per heavy atom. The van der Waals surface area contributed by atoms with E-state index in [2.05, 4.69) is 15.1 Å². The third-order valence-corrected chi connectivity index (χ3v) is 4.03. The average Bonchev–Trinajstić information content (AvgIpc) is 3.17. The molecule has 25 heavy (non-hydrogen) atoms. The monoisotopic (exact) mass is 342 g/mol. The fraction of sp³-hybridized carbons (Fsp3) is 0.389. The first-order chi connectivity index (χ1) is 12.0. The third kappa shape index (κ3) is 3.56. The van der Waals surface area contributed by atoms with Gasteiger partial charge in [0.05, 0.1) is 13.7 Å². The summed E-state index contributed by atoms with van der Waals surface area (Å²) >= 11 is 0. The van der Waals surface area contributed by atoms with E-state index in [0.29, 0.717) is 24.9 Å². The van der Waals surface area contributed by atoms with Crippen LogP contribution in [0, 0.1) is 20.8 Å². The highest BCUT2D eigenvalue weighted by Gasteiger charge is 2.16. The van der Waals surface area contributed by atoms with Gasteiger partial charge in [-0.3, -0.25) is 0 Å². The van der Waals surface area contributed by atoms with Crippen molar-refractivity contribution in [3.05, 3.63) is 46.9 Å². The normalized spacial score (nSPS) is 11.1. The van der Waals surface area contributed by atoms with E-state index < -0.39 is 0 Å². The largest absolute Gasteiger partial charge is 0.496 e. The van der Waals surface area contributed by atoms with Gasteiger partial charge < -0.3 is 13.9 Å². The van der Waals surface area contributed by atoms with Gasteiger partial charge in [0.25, 0.3) is 0 Å². The van der Waals surface area contributed by atoms with Gasteiger partial charge in [0.2, 0.25) is 5.89 Å². The molecule has 0 unspecified atom stereocenters. The molecule has 0 N–H and O–H groups in total. The molecule has 0 radical (unpaired) electrons. The van der Waals surface area contributed by atoms with Crippen molar-refractivity contribution in [3.63, 3.8) is 0 Å². The van der Waals surface area contributed by atoms with Crippen LogP contribution in [0.1, 0.15) is 28.4 Å². The molecule has 0 saturated heterocycles. The molecule has 1 aromatic carbocycles. The number of oxazole rings is 1. The number of methoxy groups -OCH3 is 2. The quantitative estimate of drug-likeness (QED) is 0.685. The van der Waals surface area contributed by atoms with E-state index in [1.54, 1.807) is 25.2 Å². The lowest BCUT2D eigenvalue weighted by Gasteiger charge is -2.08.